The van der Waals surface area contributed by atoms with Gasteiger partial charge in [-0.3, -0.25) is 4.98 Å². The first-order chi connectivity index (χ1) is 6.29. The van der Waals surface area contributed by atoms with Crippen molar-refractivity contribution in [3.05, 3.63) is 47.0 Å². The number of pyridine rings is 1. The second kappa shape index (κ2) is 3.40. The van der Waals surface area contributed by atoms with Gasteiger partial charge in [0.05, 0.1) is 15.7 Å². The second-order valence-corrected chi connectivity index (χ2v) is 3.36. The Bertz CT molecular complexity index is 389. The summed E-state index contributed by atoms with van der Waals surface area (Å²) in [7, 11) is 0. The lowest BCUT2D eigenvalue weighted by Gasteiger charge is -2.06. The fourth-order valence-corrected chi connectivity index (χ4v) is 1.69. The van der Waals surface area contributed by atoms with Gasteiger partial charge in [0.15, 0.2) is 0 Å². The quantitative estimate of drug-likeness (QED) is 0.711. The highest BCUT2D eigenvalue weighted by Gasteiger charge is 2.06. The molecular weight excluding hydrogens is 207 g/mol. The van der Waals surface area contributed by atoms with Crippen molar-refractivity contribution in [3.8, 4) is 5.69 Å². The highest BCUT2D eigenvalue weighted by Crippen LogP contribution is 2.26. The van der Waals surface area contributed by atoms with Crippen LogP contribution in [0.25, 0.3) is 5.69 Å². The summed E-state index contributed by atoms with van der Waals surface area (Å²) in [6.45, 7) is 0. The Labute approximate surface area is 85.7 Å². The molecule has 0 radical (unpaired) electrons. The zero-order valence-electron chi connectivity index (χ0n) is 6.61. The lowest BCUT2D eigenvalue weighted by atomic mass is 10.4. The predicted octanol–water partition coefficient (Wildman–Crippen LogP) is 3.18. The molecule has 4 heteroatoms. The van der Waals surface area contributed by atoms with Crippen molar-refractivity contribution in [2.24, 2.45) is 0 Å². The van der Waals surface area contributed by atoms with Crippen LogP contribution in [0.3, 0.4) is 0 Å². The van der Waals surface area contributed by atoms with Gasteiger partial charge in [-0.15, -0.1) is 0 Å². The largest absolute Gasteiger partial charge is 0.321 e. The molecule has 0 spiro atoms. The molecule has 0 aromatic carbocycles. The van der Waals surface area contributed by atoms with E-state index in [1.807, 2.05) is 29.1 Å². The average molecular weight is 213 g/mol. The summed E-state index contributed by atoms with van der Waals surface area (Å²) in [5, 5.41) is 1.09. The molecule has 0 fully saturated rings. The van der Waals surface area contributed by atoms with E-state index in [1.165, 1.54) is 0 Å². The smallest absolute Gasteiger partial charge is 0.0857 e. The maximum absolute atomic E-state index is 5.95. The van der Waals surface area contributed by atoms with Gasteiger partial charge < -0.3 is 4.57 Å². The third-order valence-electron chi connectivity index (χ3n) is 1.69. The molecule has 13 heavy (non-hydrogen) atoms. The summed E-state index contributed by atoms with van der Waals surface area (Å²) in [5.41, 5.74) is 0.767. The summed E-state index contributed by atoms with van der Waals surface area (Å²) in [6.07, 6.45) is 6.91. The van der Waals surface area contributed by atoms with E-state index in [4.69, 9.17) is 23.2 Å². The molecule has 2 nitrogen and oxygen atoms in total. The highest BCUT2D eigenvalue weighted by atomic mass is 35.5. The SMILES string of the molecule is Clc1cncc(Cl)c1-n1cccc1. The number of aromatic nitrogens is 2. The first-order valence-electron chi connectivity index (χ1n) is 3.71. The van der Waals surface area contributed by atoms with Gasteiger partial charge in [0, 0.05) is 24.8 Å². The van der Waals surface area contributed by atoms with Gasteiger partial charge in [-0.2, -0.15) is 0 Å². The van der Waals surface area contributed by atoms with Gasteiger partial charge in [-0.05, 0) is 12.1 Å². The van der Waals surface area contributed by atoms with Crippen LogP contribution in [0.4, 0.5) is 0 Å². The Kier molecular flexibility index (Phi) is 2.25. The van der Waals surface area contributed by atoms with Crippen LogP contribution in [-0.2, 0) is 0 Å². The molecule has 2 aromatic heterocycles. The van der Waals surface area contributed by atoms with Crippen LogP contribution in [0.5, 0.6) is 0 Å². The van der Waals surface area contributed by atoms with E-state index in [9.17, 15) is 0 Å². The summed E-state index contributed by atoms with van der Waals surface area (Å²) in [6, 6.07) is 3.82. The van der Waals surface area contributed by atoms with E-state index >= 15 is 0 Å². The number of halogens is 2. The van der Waals surface area contributed by atoms with E-state index in [-0.39, 0.29) is 0 Å². The normalized spacial score (nSPS) is 10.3. The molecule has 0 amide bonds. The molecule has 0 atom stereocenters. The van der Waals surface area contributed by atoms with E-state index in [1.54, 1.807) is 12.4 Å². The van der Waals surface area contributed by atoms with Crippen molar-refractivity contribution in [3.63, 3.8) is 0 Å². The van der Waals surface area contributed by atoms with E-state index in [2.05, 4.69) is 4.98 Å². The summed E-state index contributed by atoms with van der Waals surface area (Å²) >= 11 is 11.9. The van der Waals surface area contributed by atoms with Crippen molar-refractivity contribution in [2.45, 2.75) is 0 Å². The van der Waals surface area contributed by atoms with Gasteiger partial charge in [0.1, 0.15) is 0 Å². The van der Waals surface area contributed by atoms with Crippen LogP contribution >= 0.6 is 23.2 Å². The van der Waals surface area contributed by atoms with Crippen molar-refractivity contribution >= 4 is 23.2 Å². The molecular formula is C9H6Cl2N2. The highest BCUT2D eigenvalue weighted by molar-refractivity contribution is 6.37. The van der Waals surface area contributed by atoms with Crippen LogP contribution in [0.15, 0.2) is 36.9 Å². The number of hydrogen-bond donors (Lipinski definition) is 0. The molecule has 0 bridgehead atoms. The molecule has 2 aromatic rings. The number of nitrogens with zero attached hydrogens (tertiary/aromatic N) is 2. The Morgan fingerprint density at radius 2 is 1.54 bits per heavy atom. The van der Waals surface area contributed by atoms with Crippen molar-refractivity contribution in [1.29, 1.82) is 0 Å². The minimum atomic E-state index is 0.545. The molecule has 0 aliphatic heterocycles. The third kappa shape index (κ3) is 1.55. The zero-order valence-corrected chi connectivity index (χ0v) is 8.13. The molecule has 0 saturated carbocycles. The van der Waals surface area contributed by atoms with Gasteiger partial charge in [-0.25, -0.2) is 0 Å². The topological polar surface area (TPSA) is 17.8 Å². The minimum Gasteiger partial charge on any atom is -0.321 e. The van der Waals surface area contributed by atoms with Crippen LogP contribution < -0.4 is 0 Å². The Morgan fingerprint density at radius 3 is 2.08 bits per heavy atom. The monoisotopic (exact) mass is 212 g/mol. The lowest BCUT2D eigenvalue weighted by molar-refractivity contribution is 1.07. The van der Waals surface area contributed by atoms with Crippen molar-refractivity contribution in [2.75, 3.05) is 0 Å². The van der Waals surface area contributed by atoms with Gasteiger partial charge >= 0.3 is 0 Å². The van der Waals surface area contributed by atoms with Crippen molar-refractivity contribution < 1.29 is 0 Å². The molecule has 0 aliphatic carbocycles. The fraction of sp³-hybridized carbons (Fsp3) is 0. The molecule has 66 valence electrons. The molecule has 2 rings (SSSR count). The van der Waals surface area contributed by atoms with Crippen molar-refractivity contribution in [1.82, 2.24) is 9.55 Å². The summed E-state index contributed by atoms with van der Waals surface area (Å²) < 4.78 is 1.85. The number of hydrogen-bond acceptors (Lipinski definition) is 1. The van der Waals surface area contributed by atoms with E-state index < -0.39 is 0 Å². The maximum atomic E-state index is 5.95. The lowest BCUT2D eigenvalue weighted by Crippen LogP contribution is -1.92. The second-order valence-electron chi connectivity index (χ2n) is 2.54. The van der Waals surface area contributed by atoms with Crippen LogP contribution in [0, 0.1) is 0 Å². The molecule has 2 heterocycles. The molecule has 0 aliphatic rings. The van der Waals surface area contributed by atoms with Gasteiger partial charge in [-0.1, -0.05) is 23.2 Å². The summed E-state index contributed by atoms with van der Waals surface area (Å²) in [4.78, 5) is 3.88. The summed E-state index contributed by atoms with van der Waals surface area (Å²) in [5.74, 6) is 0. The van der Waals surface area contributed by atoms with Crippen LogP contribution in [0.1, 0.15) is 0 Å². The maximum Gasteiger partial charge on any atom is 0.0857 e. The Balaban J connectivity index is 2.64. The molecule has 0 unspecified atom stereocenters. The Hall–Kier alpha value is -0.990. The van der Waals surface area contributed by atoms with Crippen LogP contribution in [-0.4, -0.2) is 9.55 Å². The van der Waals surface area contributed by atoms with Gasteiger partial charge in [0.25, 0.3) is 0 Å². The van der Waals surface area contributed by atoms with Gasteiger partial charge in [0.2, 0.25) is 0 Å². The van der Waals surface area contributed by atoms with E-state index in [0.717, 1.165) is 5.69 Å². The molecule has 0 N–H and O–H groups in total. The van der Waals surface area contributed by atoms with E-state index in [0.29, 0.717) is 10.0 Å². The first kappa shape index (κ1) is 8.60. The fourth-order valence-electron chi connectivity index (χ4n) is 1.13. The third-order valence-corrected chi connectivity index (χ3v) is 2.24. The average Bonchev–Trinajstić information content (AvgIpc) is 2.57. The number of rotatable bonds is 1. The minimum absolute atomic E-state index is 0.545. The molecule has 0 saturated heterocycles. The standard InChI is InChI=1S/C9H6Cl2N2/c10-7-5-12-6-8(11)9(7)13-3-1-2-4-13/h1-6H. The first-order valence-corrected chi connectivity index (χ1v) is 4.47. The van der Waals surface area contributed by atoms with Crippen LogP contribution in [0.2, 0.25) is 10.0 Å². The Morgan fingerprint density at radius 1 is 1.00 bits per heavy atom. The zero-order chi connectivity index (χ0) is 9.26. The predicted molar refractivity (Wildman–Crippen MR) is 53.6 cm³/mol.